The monoisotopic (exact) mass is 277 g/mol. The zero-order valence-electron chi connectivity index (χ0n) is 9.43. The number of nitrogens with zero attached hydrogens (tertiary/aromatic N) is 1. The summed E-state index contributed by atoms with van der Waals surface area (Å²) in [5.41, 5.74) is 10.3. The maximum Gasteiger partial charge on any atom is 0.394 e. The summed E-state index contributed by atoms with van der Waals surface area (Å²) in [4.78, 5) is 3.79. The molecule has 0 radical (unpaired) electrons. The molecule has 1 rings (SSSR count). The number of rotatable bonds is 4. The smallest absolute Gasteiger partial charge is 0.394 e. The van der Waals surface area contributed by atoms with E-state index < -0.39 is 10.4 Å². The van der Waals surface area contributed by atoms with Crippen molar-refractivity contribution in [2.24, 2.45) is 16.5 Å². The standard InChI is InChI=1S/C9H13N3O.H2O4S/c10-9(11)12-6-7-13-8-4-2-1-3-5-8;1-5(2,3)4/h1-5H,6-7H2,(H4,10,11,12);(H2,1,2,3,4). The minimum absolute atomic E-state index is 0.0941. The van der Waals surface area contributed by atoms with Gasteiger partial charge in [-0.1, -0.05) is 18.2 Å². The summed E-state index contributed by atoms with van der Waals surface area (Å²) >= 11 is 0. The molecule has 0 heterocycles. The number of hydrogen-bond acceptors (Lipinski definition) is 4. The Morgan fingerprint density at radius 3 is 2.17 bits per heavy atom. The van der Waals surface area contributed by atoms with Crippen LogP contribution in [0.2, 0.25) is 0 Å². The van der Waals surface area contributed by atoms with Gasteiger partial charge in [-0.2, -0.15) is 8.42 Å². The predicted molar refractivity (Wildman–Crippen MR) is 66.8 cm³/mol. The van der Waals surface area contributed by atoms with Crippen molar-refractivity contribution in [3.63, 3.8) is 0 Å². The van der Waals surface area contributed by atoms with Gasteiger partial charge in [0.1, 0.15) is 12.4 Å². The molecule has 6 N–H and O–H groups in total. The number of nitrogens with two attached hydrogens (primary N) is 2. The van der Waals surface area contributed by atoms with Gasteiger partial charge in [-0.25, -0.2) is 0 Å². The highest BCUT2D eigenvalue weighted by Crippen LogP contribution is 2.07. The maximum atomic E-state index is 8.74. The summed E-state index contributed by atoms with van der Waals surface area (Å²) in [6.45, 7) is 0.971. The van der Waals surface area contributed by atoms with Crippen molar-refractivity contribution in [2.45, 2.75) is 0 Å². The molecule has 8 nitrogen and oxygen atoms in total. The fraction of sp³-hybridized carbons (Fsp3) is 0.222. The van der Waals surface area contributed by atoms with E-state index in [9.17, 15) is 0 Å². The molecule has 18 heavy (non-hydrogen) atoms. The molecular formula is C9H15N3O5S. The van der Waals surface area contributed by atoms with Gasteiger partial charge in [-0.15, -0.1) is 0 Å². The molecule has 0 unspecified atom stereocenters. The molecule has 0 aromatic heterocycles. The van der Waals surface area contributed by atoms with E-state index in [4.69, 9.17) is 33.7 Å². The Hall–Kier alpha value is -1.84. The van der Waals surface area contributed by atoms with Crippen LogP contribution in [0, 0.1) is 0 Å². The van der Waals surface area contributed by atoms with Crippen LogP contribution >= 0.6 is 0 Å². The second-order valence-corrected chi connectivity index (χ2v) is 3.81. The lowest BCUT2D eigenvalue weighted by Crippen LogP contribution is -2.23. The SMILES string of the molecule is NC(N)=NCCOc1ccccc1.O=S(=O)(O)O. The van der Waals surface area contributed by atoms with Crippen molar-refractivity contribution < 1.29 is 22.3 Å². The van der Waals surface area contributed by atoms with Crippen LogP contribution in [0.1, 0.15) is 0 Å². The lowest BCUT2D eigenvalue weighted by molar-refractivity contribution is 0.328. The molecule has 1 aromatic carbocycles. The number of aliphatic imine (C=N–C) groups is 1. The fourth-order valence-corrected chi connectivity index (χ4v) is 0.855. The summed E-state index contributed by atoms with van der Waals surface area (Å²) < 4.78 is 36.9. The van der Waals surface area contributed by atoms with Crippen LogP contribution in [0.15, 0.2) is 35.3 Å². The summed E-state index contributed by atoms with van der Waals surface area (Å²) in [6, 6.07) is 9.53. The first-order valence-corrected chi connectivity index (χ1v) is 6.12. The normalized spacial score (nSPS) is 9.89. The van der Waals surface area contributed by atoms with Gasteiger partial charge in [0.05, 0.1) is 6.54 Å². The minimum atomic E-state index is -4.67. The zero-order valence-corrected chi connectivity index (χ0v) is 10.2. The van der Waals surface area contributed by atoms with E-state index in [0.29, 0.717) is 13.2 Å². The highest BCUT2D eigenvalue weighted by atomic mass is 32.3. The largest absolute Gasteiger partial charge is 0.492 e. The molecule has 0 aliphatic rings. The van der Waals surface area contributed by atoms with Crippen LogP contribution < -0.4 is 16.2 Å². The number of para-hydroxylation sites is 1. The van der Waals surface area contributed by atoms with E-state index >= 15 is 0 Å². The molecule has 1 aromatic rings. The first-order valence-electron chi connectivity index (χ1n) is 4.72. The third-order valence-electron chi connectivity index (χ3n) is 1.40. The van der Waals surface area contributed by atoms with Crippen molar-refractivity contribution >= 4 is 16.4 Å². The van der Waals surface area contributed by atoms with E-state index in [-0.39, 0.29) is 5.96 Å². The molecule has 0 fully saturated rings. The lowest BCUT2D eigenvalue weighted by atomic mass is 10.3. The van der Waals surface area contributed by atoms with Gasteiger partial charge in [-0.05, 0) is 12.1 Å². The molecule has 0 aliphatic carbocycles. The van der Waals surface area contributed by atoms with Crippen molar-refractivity contribution in [3.05, 3.63) is 30.3 Å². The van der Waals surface area contributed by atoms with Crippen molar-refractivity contribution in [3.8, 4) is 5.75 Å². The summed E-state index contributed by atoms with van der Waals surface area (Å²) in [7, 11) is -4.67. The first kappa shape index (κ1) is 16.2. The lowest BCUT2D eigenvalue weighted by Gasteiger charge is -2.02. The quantitative estimate of drug-likeness (QED) is 0.255. The first-order chi connectivity index (χ1) is 8.29. The molecule has 0 atom stereocenters. The Morgan fingerprint density at radius 1 is 1.22 bits per heavy atom. The van der Waals surface area contributed by atoms with Gasteiger partial charge in [0.2, 0.25) is 0 Å². The second kappa shape index (κ2) is 8.28. The van der Waals surface area contributed by atoms with Crippen LogP contribution in [0.3, 0.4) is 0 Å². The van der Waals surface area contributed by atoms with Gasteiger partial charge in [0.15, 0.2) is 5.96 Å². The molecule has 0 saturated heterocycles. The summed E-state index contributed by atoms with van der Waals surface area (Å²) in [5.74, 6) is 0.921. The number of benzene rings is 1. The third kappa shape index (κ3) is 14.2. The van der Waals surface area contributed by atoms with Gasteiger partial charge in [0.25, 0.3) is 0 Å². The number of guanidine groups is 1. The number of ether oxygens (including phenoxy) is 1. The average Bonchev–Trinajstić information content (AvgIpc) is 2.23. The molecular weight excluding hydrogens is 262 g/mol. The Balaban J connectivity index is 0.000000494. The molecule has 102 valence electrons. The van der Waals surface area contributed by atoms with Crippen LogP contribution in [-0.2, 0) is 10.4 Å². The van der Waals surface area contributed by atoms with E-state index in [1.165, 1.54) is 0 Å². The van der Waals surface area contributed by atoms with Crippen LogP contribution in [-0.4, -0.2) is 36.6 Å². The van der Waals surface area contributed by atoms with Crippen molar-refractivity contribution in [2.75, 3.05) is 13.2 Å². The van der Waals surface area contributed by atoms with E-state index in [0.717, 1.165) is 5.75 Å². The predicted octanol–water partition coefficient (Wildman–Crippen LogP) is -0.314. The molecule has 0 amide bonds. The molecule has 0 bridgehead atoms. The summed E-state index contributed by atoms with van der Waals surface area (Å²) in [5, 5.41) is 0. The highest BCUT2D eigenvalue weighted by Gasteiger charge is 1.89. The van der Waals surface area contributed by atoms with Gasteiger partial charge in [-0.3, -0.25) is 14.1 Å². The van der Waals surface area contributed by atoms with E-state index in [1.54, 1.807) is 0 Å². The molecule has 0 aliphatic heterocycles. The minimum Gasteiger partial charge on any atom is -0.492 e. The zero-order chi connectivity index (χ0) is 14.0. The van der Waals surface area contributed by atoms with Gasteiger partial charge < -0.3 is 16.2 Å². The fourth-order valence-electron chi connectivity index (χ4n) is 0.855. The molecule has 0 saturated carbocycles. The Bertz CT molecular complexity index is 448. The third-order valence-corrected chi connectivity index (χ3v) is 1.40. The van der Waals surface area contributed by atoms with Crippen LogP contribution in [0.25, 0.3) is 0 Å². The number of hydrogen-bond donors (Lipinski definition) is 4. The van der Waals surface area contributed by atoms with Crippen molar-refractivity contribution in [1.29, 1.82) is 0 Å². The Kier molecular flexibility index (Phi) is 7.43. The Morgan fingerprint density at radius 2 is 1.72 bits per heavy atom. The van der Waals surface area contributed by atoms with Gasteiger partial charge >= 0.3 is 10.4 Å². The topological polar surface area (TPSA) is 148 Å². The average molecular weight is 277 g/mol. The molecule has 9 heteroatoms. The van der Waals surface area contributed by atoms with E-state index in [2.05, 4.69) is 4.99 Å². The maximum absolute atomic E-state index is 8.74. The van der Waals surface area contributed by atoms with Crippen LogP contribution in [0.5, 0.6) is 5.75 Å². The van der Waals surface area contributed by atoms with Crippen LogP contribution in [0.4, 0.5) is 0 Å². The van der Waals surface area contributed by atoms with Gasteiger partial charge in [0, 0.05) is 0 Å². The molecule has 0 spiro atoms. The highest BCUT2D eigenvalue weighted by molar-refractivity contribution is 7.79. The van der Waals surface area contributed by atoms with E-state index in [1.807, 2.05) is 30.3 Å². The second-order valence-electron chi connectivity index (χ2n) is 2.92. The Labute approximate surface area is 105 Å². The summed E-state index contributed by atoms with van der Waals surface area (Å²) in [6.07, 6.45) is 0. The van der Waals surface area contributed by atoms with Crippen molar-refractivity contribution in [1.82, 2.24) is 0 Å².